The molecule has 0 aromatic rings. The van der Waals surface area contributed by atoms with E-state index in [0.717, 1.165) is 25.7 Å². The summed E-state index contributed by atoms with van der Waals surface area (Å²) in [6.45, 7) is 4.90. The molecule has 0 spiro atoms. The number of hydrogen-bond acceptors (Lipinski definition) is 5. The van der Waals surface area contributed by atoms with Crippen molar-refractivity contribution in [3.63, 3.8) is 0 Å². The predicted octanol–water partition coefficient (Wildman–Crippen LogP) is 3.49. The minimum absolute atomic E-state index is 0.172. The highest BCUT2D eigenvalue weighted by Crippen LogP contribution is 2.26. The van der Waals surface area contributed by atoms with Crippen LogP contribution in [0, 0.1) is 0 Å². The monoisotopic (exact) mass is 354 g/mol. The highest BCUT2D eigenvalue weighted by Gasteiger charge is 2.37. The van der Waals surface area contributed by atoms with Gasteiger partial charge in [0.05, 0.1) is 23.0 Å². The molecule has 6 unspecified atom stereocenters. The molecule has 0 N–H and O–H groups in total. The molecule has 2 saturated heterocycles. The molecule has 2 heterocycles. The van der Waals surface area contributed by atoms with Crippen LogP contribution in [0.25, 0.3) is 0 Å². The molecule has 0 aromatic heterocycles. The van der Waals surface area contributed by atoms with Crippen molar-refractivity contribution in [1.82, 2.24) is 0 Å². The lowest BCUT2D eigenvalue weighted by Gasteiger charge is -2.28. The Morgan fingerprint density at radius 3 is 1.64 bits per heavy atom. The minimum Gasteiger partial charge on any atom is -0.427 e. The Kier molecular flexibility index (Phi) is 7.06. The molecule has 2 rings (SSSR count). The smallest absolute Gasteiger partial charge is 0.427 e. The van der Waals surface area contributed by atoms with E-state index < -0.39 is 18.4 Å². The number of alkyl halides is 2. The van der Waals surface area contributed by atoms with Crippen molar-refractivity contribution in [2.45, 2.75) is 74.7 Å². The van der Waals surface area contributed by atoms with Gasteiger partial charge in [-0.3, -0.25) is 0 Å². The van der Waals surface area contributed by atoms with Crippen LogP contribution >= 0.6 is 23.2 Å². The van der Waals surface area contributed by atoms with E-state index in [1.807, 2.05) is 0 Å². The second kappa shape index (κ2) is 8.57. The molecule has 0 amide bonds. The molecule has 5 nitrogen and oxygen atoms in total. The topological polar surface area (TPSA) is 54.0 Å². The van der Waals surface area contributed by atoms with Gasteiger partial charge in [-0.15, -0.1) is 23.2 Å². The second-order valence-electron chi connectivity index (χ2n) is 5.87. The molecule has 2 aliphatic rings. The van der Waals surface area contributed by atoms with Crippen LogP contribution in [0.15, 0.2) is 0 Å². The first kappa shape index (κ1) is 18.1. The fourth-order valence-electron chi connectivity index (χ4n) is 2.90. The van der Waals surface area contributed by atoms with Crippen LogP contribution in [-0.2, 0) is 18.9 Å². The molecule has 2 aliphatic heterocycles. The molecule has 0 bridgehead atoms. The third-order valence-electron chi connectivity index (χ3n) is 4.03. The molecule has 0 aromatic carbocycles. The number of halogens is 2. The van der Waals surface area contributed by atoms with Gasteiger partial charge < -0.3 is 18.9 Å². The van der Waals surface area contributed by atoms with Gasteiger partial charge in [0.1, 0.15) is 12.2 Å². The number of carbonyl (C=O) groups excluding carboxylic acids is 1. The summed E-state index contributed by atoms with van der Waals surface area (Å²) >= 11 is 12.3. The molecule has 0 radical (unpaired) electrons. The first-order valence-corrected chi connectivity index (χ1v) is 8.75. The second-order valence-corrected chi connectivity index (χ2v) is 7.25. The zero-order chi connectivity index (χ0) is 16.1. The van der Waals surface area contributed by atoms with Gasteiger partial charge in [0, 0.05) is 13.2 Å². The summed E-state index contributed by atoms with van der Waals surface area (Å²) in [6.07, 6.45) is 1.40. The number of rotatable bonds is 6. The van der Waals surface area contributed by atoms with Gasteiger partial charge in [0.15, 0.2) is 0 Å². The average Bonchev–Trinajstić information content (AvgIpc) is 3.14. The molecule has 0 saturated carbocycles. The summed E-state index contributed by atoms with van der Waals surface area (Å²) in [5.41, 5.74) is 0. The normalized spacial score (nSPS) is 30.5. The van der Waals surface area contributed by atoms with Crippen molar-refractivity contribution in [3.8, 4) is 0 Å². The van der Waals surface area contributed by atoms with Crippen LogP contribution < -0.4 is 0 Å². The van der Waals surface area contributed by atoms with Crippen LogP contribution in [0.4, 0.5) is 4.79 Å². The molecule has 6 atom stereocenters. The summed E-state index contributed by atoms with van der Waals surface area (Å²) in [5.74, 6) is 0. The highest BCUT2D eigenvalue weighted by molar-refractivity contribution is 6.21. The third-order valence-corrected chi connectivity index (χ3v) is 4.53. The molecule has 2 fully saturated rings. The number of ether oxygens (including phenoxy) is 4. The van der Waals surface area contributed by atoms with E-state index in [9.17, 15) is 4.79 Å². The van der Waals surface area contributed by atoms with Crippen molar-refractivity contribution in [2.24, 2.45) is 0 Å². The van der Waals surface area contributed by atoms with Crippen molar-refractivity contribution in [2.75, 3.05) is 13.2 Å². The van der Waals surface area contributed by atoms with E-state index in [4.69, 9.17) is 42.1 Å². The molecule has 0 aliphatic carbocycles. The Bertz CT molecular complexity index is 320. The quantitative estimate of drug-likeness (QED) is 0.539. The maximum atomic E-state index is 12.1. The van der Waals surface area contributed by atoms with E-state index in [1.54, 1.807) is 13.8 Å². The lowest BCUT2D eigenvalue weighted by Crippen LogP contribution is -2.41. The maximum Gasteiger partial charge on any atom is 0.509 e. The van der Waals surface area contributed by atoms with Crippen molar-refractivity contribution < 1.29 is 23.7 Å². The van der Waals surface area contributed by atoms with Crippen LogP contribution in [0.3, 0.4) is 0 Å². The third kappa shape index (κ3) is 4.88. The predicted molar refractivity (Wildman–Crippen MR) is 83.7 cm³/mol. The summed E-state index contributed by atoms with van der Waals surface area (Å²) in [5, 5.41) is -0.712. The zero-order valence-electron chi connectivity index (χ0n) is 13.0. The van der Waals surface area contributed by atoms with E-state index in [-0.39, 0.29) is 23.0 Å². The van der Waals surface area contributed by atoms with Gasteiger partial charge in [0.25, 0.3) is 0 Å². The average molecular weight is 355 g/mol. The fraction of sp³-hybridized carbons (Fsp3) is 0.933. The molecule has 22 heavy (non-hydrogen) atoms. The summed E-state index contributed by atoms with van der Waals surface area (Å²) in [4.78, 5) is 12.1. The Morgan fingerprint density at radius 2 is 1.36 bits per heavy atom. The van der Waals surface area contributed by atoms with Gasteiger partial charge in [-0.25, -0.2) is 4.79 Å². The largest absolute Gasteiger partial charge is 0.509 e. The van der Waals surface area contributed by atoms with E-state index in [2.05, 4.69) is 0 Å². The summed E-state index contributed by atoms with van der Waals surface area (Å²) in [7, 11) is 0. The van der Waals surface area contributed by atoms with Gasteiger partial charge in [-0.1, -0.05) is 0 Å². The maximum absolute atomic E-state index is 12.1. The molecule has 128 valence electrons. The van der Waals surface area contributed by atoms with E-state index in [0.29, 0.717) is 13.2 Å². The van der Waals surface area contributed by atoms with Crippen LogP contribution in [0.1, 0.15) is 39.5 Å². The zero-order valence-corrected chi connectivity index (χ0v) is 14.5. The molecular formula is C15H24Cl2O5. The van der Waals surface area contributed by atoms with Crippen LogP contribution in [0.5, 0.6) is 0 Å². The van der Waals surface area contributed by atoms with Crippen LogP contribution in [-0.4, -0.2) is 54.5 Å². The Morgan fingerprint density at radius 1 is 0.955 bits per heavy atom. The number of hydrogen-bond donors (Lipinski definition) is 0. The van der Waals surface area contributed by atoms with E-state index >= 15 is 0 Å². The Hall–Kier alpha value is -0.230. The SMILES string of the molecule is CC(Cl)C(OC(=O)OC(C(C)Cl)C1CCCO1)C1CCCO1. The minimum atomic E-state index is -0.763. The van der Waals surface area contributed by atoms with Crippen molar-refractivity contribution in [3.05, 3.63) is 0 Å². The standard InChI is InChI=1S/C15H24Cl2O5/c1-9(16)13(11-5-3-7-19-11)21-15(18)22-14(10(2)17)12-6-4-8-20-12/h9-14H,3-8H2,1-2H3. The van der Waals surface area contributed by atoms with Gasteiger partial charge >= 0.3 is 6.16 Å². The lowest BCUT2D eigenvalue weighted by molar-refractivity contribution is -0.0744. The van der Waals surface area contributed by atoms with E-state index in [1.165, 1.54) is 0 Å². The summed E-state index contributed by atoms with van der Waals surface area (Å²) in [6, 6.07) is 0. The molecule has 7 heteroatoms. The van der Waals surface area contributed by atoms with Gasteiger partial charge in [-0.2, -0.15) is 0 Å². The van der Waals surface area contributed by atoms with Crippen LogP contribution in [0.2, 0.25) is 0 Å². The molecular weight excluding hydrogens is 331 g/mol. The lowest BCUT2D eigenvalue weighted by atomic mass is 10.1. The first-order valence-electron chi connectivity index (χ1n) is 7.87. The highest BCUT2D eigenvalue weighted by atomic mass is 35.5. The first-order chi connectivity index (χ1) is 10.5. The summed E-state index contributed by atoms with van der Waals surface area (Å²) < 4.78 is 21.9. The fourth-order valence-corrected chi connectivity index (χ4v) is 3.33. The van der Waals surface area contributed by atoms with Crippen molar-refractivity contribution in [1.29, 1.82) is 0 Å². The Labute approximate surface area is 141 Å². The van der Waals surface area contributed by atoms with Gasteiger partial charge in [-0.05, 0) is 39.5 Å². The Balaban J connectivity index is 1.90. The number of carbonyl (C=O) groups is 1. The van der Waals surface area contributed by atoms with Crippen molar-refractivity contribution >= 4 is 29.4 Å². The van der Waals surface area contributed by atoms with Gasteiger partial charge in [0.2, 0.25) is 0 Å².